The first kappa shape index (κ1) is 15.2. The number of nitrogen functional groups attached to an aromatic ring is 1. The highest BCUT2D eigenvalue weighted by molar-refractivity contribution is 7.99. The number of carbonyl (C=O) groups is 1. The van der Waals surface area contributed by atoms with Crippen LogP contribution in [0.5, 0.6) is 0 Å². The van der Waals surface area contributed by atoms with Crippen molar-refractivity contribution in [3.05, 3.63) is 11.8 Å². The fourth-order valence-corrected chi connectivity index (χ4v) is 1.79. The molecule has 0 saturated carbocycles. The van der Waals surface area contributed by atoms with Crippen LogP contribution in [0.15, 0.2) is 11.4 Å². The molecule has 1 aromatic rings. The minimum atomic E-state index is -0.220. The first-order valence-electron chi connectivity index (χ1n) is 5.84. The Kier molecular flexibility index (Phi) is 5.12. The number of nitrogens with one attached hydrogen (secondary N) is 1. The van der Waals surface area contributed by atoms with Crippen molar-refractivity contribution in [2.75, 3.05) is 11.5 Å². The zero-order valence-electron chi connectivity index (χ0n) is 11.2. The van der Waals surface area contributed by atoms with E-state index in [9.17, 15) is 4.79 Å². The third kappa shape index (κ3) is 4.75. The normalized spacial score (nSPS) is 10.8. The molecule has 0 aliphatic carbocycles. The molecule has 0 aliphatic rings. The molecule has 3 N–H and O–H groups in total. The molecule has 0 spiro atoms. The molecule has 1 heterocycles. The largest absolute Gasteiger partial charge is 0.382 e. The molecule has 0 saturated heterocycles. The second kappa shape index (κ2) is 6.38. The monoisotopic (exact) mass is 279 g/mol. The van der Waals surface area contributed by atoms with Gasteiger partial charge in [-0.25, -0.2) is 9.97 Å². The maximum Gasteiger partial charge on any atom is 0.230 e. The Labute approximate surface area is 116 Å². The van der Waals surface area contributed by atoms with Gasteiger partial charge in [0.1, 0.15) is 17.5 Å². The number of rotatable bonds is 5. The summed E-state index contributed by atoms with van der Waals surface area (Å²) in [7, 11) is 0. The van der Waals surface area contributed by atoms with Gasteiger partial charge in [-0.05, 0) is 20.3 Å². The Balaban J connectivity index is 2.56. The van der Waals surface area contributed by atoms with Gasteiger partial charge in [0.15, 0.2) is 5.16 Å². The molecule has 7 heteroatoms. The lowest BCUT2D eigenvalue weighted by atomic mass is 10.0. The van der Waals surface area contributed by atoms with Crippen molar-refractivity contribution in [2.24, 2.45) is 0 Å². The van der Waals surface area contributed by atoms with Crippen LogP contribution in [0, 0.1) is 11.3 Å². The van der Waals surface area contributed by atoms with E-state index in [0.717, 1.165) is 6.42 Å². The number of thioether (sulfide) groups is 1. The first-order valence-corrected chi connectivity index (χ1v) is 6.83. The molecule has 19 heavy (non-hydrogen) atoms. The Morgan fingerprint density at radius 1 is 1.63 bits per heavy atom. The summed E-state index contributed by atoms with van der Waals surface area (Å²) in [5.41, 5.74) is 5.59. The first-order chi connectivity index (χ1) is 8.88. The molecule has 0 aliphatic heterocycles. The maximum absolute atomic E-state index is 11.7. The van der Waals surface area contributed by atoms with Gasteiger partial charge >= 0.3 is 0 Å². The number of nitrogens with two attached hydrogens (primary N) is 1. The molecule has 1 rings (SSSR count). The molecule has 0 bridgehead atoms. The Hall–Kier alpha value is -1.81. The minimum Gasteiger partial charge on any atom is -0.382 e. The van der Waals surface area contributed by atoms with E-state index in [1.807, 2.05) is 26.8 Å². The lowest BCUT2D eigenvalue weighted by Gasteiger charge is -2.24. The van der Waals surface area contributed by atoms with Crippen LogP contribution in [-0.2, 0) is 4.79 Å². The predicted molar refractivity (Wildman–Crippen MR) is 74.4 cm³/mol. The van der Waals surface area contributed by atoms with Crippen LogP contribution < -0.4 is 11.1 Å². The Morgan fingerprint density at radius 3 is 2.84 bits per heavy atom. The topological polar surface area (TPSA) is 105 Å². The predicted octanol–water partition coefficient (Wildman–Crippen LogP) is 1.33. The van der Waals surface area contributed by atoms with Gasteiger partial charge in [0, 0.05) is 5.54 Å². The minimum absolute atomic E-state index is 0.0802. The number of nitrogens with zero attached hydrogens (tertiary/aromatic N) is 3. The number of anilines is 1. The summed E-state index contributed by atoms with van der Waals surface area (Å²) in [5.74, 6) is 0.270. The molecule has 1 aromatic heterocycles. The summed E-state index contributed by atoms with van der Waals surface area (Å²) < 4.78 is 0. The molecule has 0 atom stereocenters. The van der Waals surface area contributed by atoms with E-state index in [1.54, 1.807) is 0 Å². The van der Waals surface area contributed by atoms with Crippen LogP contribution in [0.4, 0.5) is 5.82 Å². The van der Waals surface area contributed by atoms with Crippen LogP contribution >= 0.6 is 11.8 Å². The number of hydrogen-bond donors (Lipinski definition) is 2. The lowest BCUT2D eigenvalue weighted by Crippen LogP contribution is -2.43. The summed E-state index contributed by atoms with van der Waals surface area (Å²) in [4.78, 5) is 19.7. The average Bonchev–Trinajstić information content (AvgIpc) is 2.36. The van der Waals surface area contributed by atoms with E-state index in [0.29, 0.717) is 5.16 Å². The molecular formula is C12H17N5OS. The number of amides is 1. The van der Waals surface area contributed by atoms with Gasteiger partial charge in [-0.3, -0.25) is 4.79 Å². The quantitative estimate of drug-likeness (QED) is 0.622. The van der Waals surface area contributed by atoms with E-state index in [-0.39, 0.29) is 28.6 Å². The summed E-state index contributed by atoms with van der Waals surface area (Å²) >= 11 is 1.19. The van der Waals surface area contributed by atoms with Crippen molar-refractivity contribution in [3.63, 3.8) is 0 Å². The van der Waals surface area contributed by atoms with Crippen molar-refractivity contribution in [1.29, 1.82) is 5.26 Å². The standard InChI is InChI=1S/C12H17N5OS/c1-4-12(2,3)17-9(18)7-19-11-15-6-8(5-13)10(14)16-11/h6H,4,7H2,1-3H3,(H,17,18)(H2,14,15,16). The third-order valence-corrected chi connectivity index (χ3v) is 3.47. The highest BCUT2D eigenvalue weighted by Crippen LogP contribution is 2.16. The van der Waals surface area contributed by atoms with Crippen LogP contribution in [0.3, 0.4) is 0 Å². The van der Waals surface area contributed by atoms with E-state index in [1.165, 1.54) is 18.0 Å². The fraction of sp³-hybridized carbons (Fsp3) is 0.500. The fourth-order valence-electron chi connectivity index (χ4n) is 1.17. The second-order valence-electron chi connectivity index (χ2n) is 4.64. The van der Waals surface area contributed by atoms with Crippen molar-refractivity contribution in [1.82, 2.24) is 15.3 Å². The van der Waals surface area contributed by atoms with Gasteiger partial charge < -0.3 is 11.1 Å². The maximum atomic E-state index is 11.7. The van der Waals surface area contributed by atoms with Crippen molar-refractivity contribution in [2.45, 2.75) is 37.9 Å². The number of aromatic nitrogens is 2. The van der Waals surface area contributed by atoms with Crippen LogP contribution in [0.2, 0.25) is 0 Å². The highest BCUT2D eigenvalue weighted by atomic mass is 32.2. The van der Waals surface area contributed by atoms with Crippen LogP contribution in [0.1, 0.15) is 32.8 Å². The lowest BCUT2D eigenvalue weighted by molar-refractivity contribution is -0.120. The van der Waals surface area contributed by atoms with Crippen LogP contribution in [0.25, 0.3) is 0 Å². The Morgan fingerprint density at radius 2 is 2.32 bits per heavy atom. The second-order valence-corrected chi connectivity index (χ2v) is 5.58. The smallest absolute Gasteiger partial charge is 0.230 e. The average molecular weight is 279 g/mol. The van der Waals surface area contributed by atoms with Crippen molar-refractivity contribution in [3.8, 4) is 6.07 Å². The molecule has 0 unspecified atom stereocenters. The molecule has 0 fully saturated rings. The van der Waals surface area contributed by atoms with Gasteiger partial charge in [-0.15, -0.1) is 0 Å². The summed E-state index contributed by atoms with van der Waals surface area (Å²) in [6, 6.07) is 1.89. The molecule has 0 aromatic carbocycles. The third-order valence-electron chi connectivity index (χ3n) is 2.61. The Bertz CT molecular complexity index is 509. The highest BCUT2D eigenvalue weighted by Gasteiger charge is 2.18. The molecule has 6 nitrogen and oxygen atoms in total. The summed E-state index contributed by atoms with van der Waals surface area (Å²) in [5, 5.41) is 12.0. The summed E-state index contributed by atoms with van der Waals surface area (Å²) in [6.45, 7) is 5.94. The SMILES string of the molecule is CCC(C)(C)NC(=O)CSc1ncc(C#N)c(N)n1. The van der Waals surface area contributed by atoms with Crippen molar-refractivity contribution >= 4 is 23.5 Å². The van der Waals surface area contributed by atoms with Gasteiger partial charge in [-0.2, -0.15) is 5.26 Å². The number of carbonyl (C=O) groups excluding carboxylic acids is 1. The number of nitriles is 1. The zero-order chi connectivity index (χ0) is 14.5. The van der Waals surface area contributed by atoms with E-state index in [2.05, 4.69) is 15.3 Å². The van der Waals surface area contributed by atoms with Crippen molar-refractivity contribution < 1.29 is 4.79 Å². The van der Waals surface area contributed by atoms with E-state index < -0.39 is 0 Å². The van der Waals surface area contributed by atoms with Gasteiger partial charge in [0.05, 0.1) is 11.9 Å². The van der Waals surface area contributed by atoms with E-state index in [4.69, 9.17) is 11.0 Å². The number of hydrogen-bond acceptors (Lipinski definition) is 6. The van der Waals surface area contributed by atoms with Gasteiger partial charge in [-0.1, -0.05) is 18.7 Å². The van der Waals surface area contributed by atoms with Crippen LogP contribution in [-0.4, -0.2) is 27.2 Å². The zero-order valence-corrected chi connectivity index (χ0v) is 12.0. The van der Waals surface area contributed by atoms with E-state index >= 15 is 0 Å². The summed E-state index contributed by atoms with van der Waals surface area (Å²) in [6.07, 6.45) is 2.21. The van der Waals surface area contributed by atoms with Gasteiger partial charge in [0.2, 0.25) is 5.91 Å². The molecule has 0 radical (unpaired) electrons. The van der Waals surface area contributed by atoms with Gasteiger partial charge in [0.25, 0.3) is 0 Å². The molecular weight excluding hydrogens is 262 g/mol. The molecule has 102 valence electrons. The molecule has 1 amide bonds.